The van der Waals surface area contributed by atoms with Gasteiger partial charge in [0, 0.05) is 33.8 Å². The lowest BCUT2D eigenvalue weighted by Gasteiger charge is -1.99. The van der Waals surface area contributed by atoms with Crippen molar-refractivity contribution in [2.45, 2.75) is 6.61 Å². The van der Waals surface area contributed by atoms with Crippen LogP contribution in [0.2, 0.25) is 10.0 Å². The van der Waals surface area contributed by atoms with E-state index >= 15 is 0 Å². The molecule has 0 aliphatic carbocycles. The van der Waals surface area contributed by atoms with Crippen LogP contribution in [0.15, 0.2) is 53.0 Å². The Morgan fingerprint density at radius 2 is 1.93 bits per heavy atom. The summed E-state index contributed by atoms with van der Waals surface area (Å²) in [4.78, 5) is 22.0. The molecular weight excluding hydrogens is 409 g/mol. The molecule has 1 heterocycles. The van der Waals surface area contributed by atoms with Crippen LogP contribution in [0.5, 0.6) is 0 Å². The minimum atomic E-state index is -0.624. The van der Waals surface area contributed by atoms with E-state index in [4.69, 9.17) is 32.4 Å². The summed E-state index contributed by atoms with van der Waals surface area (Å²) in [6.07, 6.45) is 2.71. The Kier molecular flexibility index (Phi) is 6.03. The number of carbonyl (C=O) groups excluding carboxylic acids is 1. The van der Waals surface area contributed by atoms with Gasteiger partial charge in [0.1, 0.15) is 0 Å². The Balaban J connectivity index is 1.58. The van der Waals surface area contributed by atoms with Gasteiger partial charge in [-0.05, 0) is 35.9 Å². The number of nitro groups is 1. The average Bonchev–Trinajstić information content (AvgIpc) is 3.15. The highest BCUT2D eigenvalue weighted by Crippen LogP contribution is 2.23. The van der Waals surface area contributed by atoms with Crippen LogP contribution in [0, 0.1) is 10.1 Å². The molecule has 0 saturated heterocycles. The summed E-state index contributed by atoms with van der Waals surface area (Å²) < 4.78 is 10.4. The van der Waals surface area contributed by atoms with Gasteiger partial charge in [0.05, 0.1) is 4.92 Å². The molecule has 0 N–H and O–H groups in total. The number of esters is 1. The predicted octanol–water partition coefficient (Wildman–Crippen LogP) is 4.71. The van der Waals surface area contributed by atoms with Crippen molar-refractivity contribution in [3.63, 3.8) is 0 Å². The molecule has 8 nitrogen and oxygen atoms in total. The van der Waals surface area contributed by atoms with Crippen molar-refractivity contribution in [2.24, 2.45) is 0 Å². The molecule has 3 rings (SSSR count). The highest BCUT2D eigenvalue weighted by Gasteiger charge is 2.12. The van der Waals surface area contributed by atoms with Crippen molar-refractivity contribution in [3.05, 3.63) is 80.2 Å². The first-order valence-electron chi connectivity index (χ1n) is 7.79. The van der Waals surface area contributed by atoms with E-state index in [1.807, 2.05) is 0 Å². The normalized spacial score (nSPS) is 10.9. The Bertz CT molecular complexity index is 1050. The number of hydrogen-bond acceptors (Lipinski definition) is 7. The zero-order valence-electron chi connectivity index (χ0n) is 14.0. The summed E-state index contributed by atoms with van der Waals surface area (Å²) in [7, 11) is 0. The number of ether oxygens (including phenoxy) is 1. The number of carbonyl (C=O) groups is 1. The number of nitro benzene ring substituents is 1. The van der Waals surface area contributed by atoms with Crippen molar-refractivity contribution in [1.29, 1.82) is 0 Å². The second kappa shape index (κ2) is 8.64. The van der Waals surface area contributed by atoms with E-state index in [-0.39, 0.29) is 24.1 Å². The summed E-state index contributed by atoms with van der Waals surface area (Å²) in [5.74, 6) is -0.384. The van der Waals surface area contributed by atoms with E-state index in [0.29, 0.717) is 21.2 Å². The van der Waals surface area contributed by atoms with Crippen LogP contribution >= 0.6 is 23.2 Å². The Hall–Kier alpha value is -3.23. The van der Waals surface area contributed by atoms with Gasteiger partial charge in [0.25, 0.3) is 11.6 Å². The maximum absolute atomic E-state index is 11.8. The van der Waals surface area contributed by atoms with Gasteiger partial charge in [-0.2, -0.15) is 0 Å². The molecule has 0 aliphatic rings. The van der Waals surface area contributed by atoms with Crippen LogP contribution in [0.3, 0.4) is 0 Å². The summed E-state index contributed by atoms with van der Waals surface area (Å²) in [5.41, 5.74) is 1.07. The number of nitrogens with zero attached hydrogens (tertiary/aromatic N) is 3. The van der Waals surface area contributed by atoms with Gasteiger partial charge in [-0.3, -0.25) is 10.1 Å². The van der Waals surface area contributed by atoms with Gasteiger partial charge < -0.3 is 9.15 Å². The molecule has 2 aromatic carbocycles. The molecule has 0 amide bonds. The lowest BCUT2D eigenvalue weighted by Crippen LogP contribution is -2.01. The second-order valence-electron chi connectivity index (χ2n) is 5.41. The third kappa shape index (κ3) is 4.93. The van der Waals surface area contributed by atoms with Crippen molar-refractivity contribution in [1.82, 2.24) is 10.2 Å². The number of benzene rings is 2. The molecule has 3 aromatic rings. The van der Waals surface area contributed by atoms with Gasteiger partial charge in [0.15, 0.2) is 6.61 Å². The van der Waals surface area contributed by atoms with Crippen LogP contribution in [0.4, 0.5) is 5.69 Å². The molecule has 0 aliphatic heterocycles. The zero-order valence-corrected chi connectivity index (χ0v) is 15.6. The summed E-state index contributed by atoms with van der Waals surface area (Å²) in [5, 5.41) is 19.2. The number of non-ortho nitro benzene ring substituents is 1. The molecule has 10 heteroatoms. The van der Waals surface area contributed by atoms with Crippen LogP contribution in [-0.2, 0) is 16.1 Å². The highest BCUT2D eigenvalue weighted by molar-refractivity contribution is 6.35. The standard InChI is InChI=1S/C18H11Cl2N3O5/c19-13-5-1-11(15(20)9-13)4-8-17(24)27-10-16-21-22-18(28-16)12-2-6-14(7-3-12)23(25)26/h1-9H,10H2/b8-4+. The number of halogens is 2. The van der Waals surface area contributed by atoms with Crippen molar-refractivity contribution < 1.29 is 18.9 Å². The summed E-state index contributed by atoms with van der Waals surface area (Å²) in [6.45, 7) is -0.225. The van der Waals surface area contributed by atoms with Crippen molar-refractivity contribution in [3.8, 4) is 11.5 Å². The summed E-state index contributed by atoms with van der Waals surface area (Å²) in [6, 6.07) is 10.5. The molecule has 142 valence electrons. The largest absolute Gasteiger partial charge is 0.452 e. The van der Waals surface area contributed by atoms with Crippen LogP contribution in [0.1, 0.15) is 11.5 Å². The van der Waals surface area contributed by atoms with E-state index in [1.54, 1.807) is 18.2 Å². The smallest absolute Gasteiger partial charge is 0.331 e. The number of rotatable bonds is 6. The van der Waals surface area contributed by atoms with E-state index in [1.165, 1.54) is 36.4 Å². The van der Waals surface area contributed by atoms with Crippen LogP contribution in [-0.4, -0.2) is 21.1 Å². The van der Waals surface area contributed by atoms with Gasteiger partial charge in [-0.15, -0.1) is 10.2 Å². The minimum Gasteiger partial charge on any atom is -0.452 e. The first-order valence-corrected chi connectivity index (χ1v) is 8.55. The third-order valence-corrected chi connectivity index (χ3v) is 4.05. The lowest BCUT2D eigenvalue weighted by molar-refractivity contribution is -0.384. The fourth-order valence-electron chi connectivity index (χ4n) is 2.13. The molecule has 0 atom stereocenters. The van der Waals surface area contributed by atoms with Crippen LogP contribution < -0.4 is 0 Å². The van der Waals surface area contributed by atoms with Gasteiger partial charge in [-0.25, -0.2) is 4.79 Å². The van der Waals surface area contributed by atoms with E-state index in [2.05, 4.69) is 10.2 Å². The maximum atomic E-state index is 11.8. The Morgan fingerprint density at radius 1 is 1.18 bits per heavy atom. The number of hydrogen-bond donors (Lipinski definition) is 0. The van der Waals surface area contributed by atoms with Gasteiger partial charge >= 0.3 is 5.97 Å². The number of aromatic nitrogens is 2. The second-order valence-corrected chi connectivity index (χ2v) is 6.26. The maximum Gasteiger partial charge on any atom is 0.331 e. The Morgan fingerprint density at radius 3 is 2.61 bits per heavy atom. The minimum absolute atomic E-state index is 0.0509. The molecule has 0 unspecified atom stereocenters. The average molecular weight is 420 g/mol. The molecule has 28 heavy (non-hydrogen) atoms. The van der Waals surface area contributed by atoms with Crippen molar-refractivity contribution >= 4 is 40.9 Å². The summed E-state index contributed by atoms with van der Waals surface area (Å²) >= 11 is 11.8. The van der Waals surface area contributed by atoms with Crippen LogP contribution in [0.25, 0.3) is 17.5 Å². The quantitative estimate of drug-likeness (QED) is 0.246. The SMILES string of the molecule is O=C(/C=C/c1ccc(Cl)cc1Cl)OCc1nnc(-c2ccc([N+](=O)[O-])cc2)o1. The Labute approximate surface area is 168 Å². The third-order valence-electron chi connectivity index (χ3n) is 3.49. The van der Waals surface area contributed by atoms with E-state index in [0.717, 1.165) is 0 Å². The molecule has 1 aromatic heterocycles. The van der Waals surface area contributed by atoms with E-state index in [9.17, 15) is 14.9 Å². The van der Waals surface area contributed by atoms with Gasteiger partial charge in [0.2, 0.25) is 5.89 Å². The molecule has 0 spiro atoms. The molecule has 0 saturated carbocycles. The predicted molar refractivity (Wildman–Crippen MR) is 102 cm³/mol. The lowest BCUT2D eigenvalue weighted by atomic mass is 10.2. The fraction of sp³-hybridized carbons (Fsp3) is 0.0556. The monoisotopic (exact) mass is 419 g/mol. The fourth-order valence-corrected chi connectivity index (χ4v) is 2.60. The molecule has 0 bridgehead atoms. The molecular formula is C18H11Cl2N3O5. The zero-order chi connectivity index (χ0) is 20.1. The molecule has 0 fully saturated rings. The van der Waals surface area contributed by atoms with Crippen molar-refractivity contribution in [2.75, 3.05) is 0 Å². The highest BCUT2D eigenvalue weighted by atomic mass is 35.5. The topological polar surface area (TPSA) is 108 Å². The van der Waals surface area contributed by atoms with Gasteiger partial charge in [-0.1, -0.05) is 29.3 Å². The molecule has 0 radical (unpaired) electrons. The first kappa shape index (κ1) is 19.5. The van der Waals surface area contributed by atoms with E-state index < -0.39 is 10.9 Å². The first-order chi connectivity index (χ1) is 13.4.